The van der Waals surface area contributed by atoms with Crippen molar-refractivity contribution in [3.8, 4) is 10.6 Å². The third kappa shape index (κ3) is 2.16. The van der Waals surface area contributed by atoms with Crippen molar-refractivity contribution in [1.29, 1.82) is 0 Å². The molecule has 2 aromatic rings. The monoisotopic (exact) mass is 273 g/mol. The Kier molecular flexibility index (Phi) is 2.90. The Morgan fingerprint density at radius 2 is 2.00 bits per heavy atom. The van der Waals surface area contributed by atoms with Crippen LogP contribution in [0.25, 0.3) is 10.6 Å². The molecule has 1 unspecified atom stereocenters. The number of benzene rings is 1. The lowest BCUT2D eigenvalue weighted by molar-refractivity contribution is -0.138. The number of carboxylic acids is 1. The fourth-order valence-corrected chi connectivity index (χ4v) is 3.81. The van der Waals surface area contributed by atoms with Crippen molar-refractivity contribution in [2.24, 2.45) is 0 Å². The average molecular weight is 273 g/mol. The predicted octanol–water partition coefficient (Wildman–Crippen LogP) is 3.54. The van der Waals surface area contributed by atoms with E-state index in [0.717, 1.165) is 27.6 Å². The number of rotatable bonds is 2. The molecule has 3 nitrogen and oxygen atoms in total. The molecule has 0 saturated carbocycles. The summed E-state index contributed by atoms with van der Waals surface area (Å²) in [5, 5.41) is 10.1. The first-order valence-electron chi connectivity index (χ1n) is 6.35. The highest BCUT2D eigenvalue weighted by molar-refractivity contribution is 7.15. The number of thiazole rings is 1. The van der Waals surface area contributed by atoms with Crippen LogP contribution >= 0.6 is 11.3 Å². The van der Waals surface area contributed by atoms with Crippen LogP contribution in [-0.4, -0.2) is 16.1 Å². The number of aliphatic carboxylic acids is 1. The van der Waals surface area contributed by atoms with Gasteiger partial charge in [-0.05, 0) is 38.8 Å². The van der Waals surface area contributed by atoms with Gasteiger partial charge in [0, 0.05) is 10.4 Å². The fraction of sp³-hybridized carbons (Fsp3) is 0.333. The van der Waals surface area contributed by atoms with E-state index in [0.29, 0.717) is 6.42 Å². The van der Waals surface area contributed by atoms with Crippen molar-refractivity contribution in [2.75, 3.05) is 0 Å². The molecule has 1 aliphatic carbocycles. The van der Waals surface area contributed by atoms with E-state index in [1.54, 1.807) is 11.3 Å². The molecule has 0 radical (unpaired) electrons. The van der Waals surface area contributed by atoms with Gasteiger partial charge in [0.25, 0.3) is 0 Å². The summed E-state index contributed by atoms with van der Waals surface area (Å²) in [6, 6.07) is 6.35. The SMILES string of the molecule is Cc1cc(C)cc(-c2nc3c(s2)CCC3C(=O)O)c1. The van der Waals surface area contributed by atoms with Crippen LogP contribution in [0.1, 0.15) is 34.0 Å². The largest absolute Gasteiger partial charge is 0.481 e. The van der Waals surface area contributed by atoms with E-state index in [4.69, 9.17) is 0 Å². The third-order valence-corrected chi connectivity index (χ3v) is 4.66. The maximum atomic E-state index is 11.2. The van der Waals surface area contributed by atoms with Crippen molar-refractivity contribution in [1.82, 2.24) is 4.98 Å². The molecule has 0 bridgehead atoms. The van der Waals surface area contributed by atoms with Crippen LogP contribution in [0.2, 0.25) is 0 Å². The molecule has 4 heteroatoms. The maximum absolute atomic E-state index is 11.2. The second-order valence-electron chi connectivity index (χ2n) is 5.13. The van der Waals surface area contributed by atoms with Crippen molar-refractivity contribution in [3.05, 3.63) is 39.9 Å². The highest BCUT2D eigenvalue weighted by Crippen LogP contribution is 2.40. The van der Waals surface area contributed by atoms with Crippen LogP contribution in [0, 0.1) is 13.8 Å². The van der Waals surface area contributed by atoms with Gasteiger partial charge in [-0.3, -0.25) is 4.79 Å². The number of aryl methyl sites for hydroxylation is 3. The number of aromatic nitrogens is 1. The summed E-state index contributed by atoms with van der Waals surface area (Å²) in [6.45, 7) is 4.13. The molecule has 98 valence electrons. The minimum absolute atomic E-state index is 0.411. The van der Waals surface area contributed by atoms with Crippen LogP contribution in [0.4, 0.5) is 0 Å². The molecule has 0 spiro atoms. The van der Waals surface area contributed by atoms with Crippen molar-refractivity contribution >= 4 is 17.3 Å². The van der Waals surface area contributed by atoms with Crippen molar-refractivity contribution in [3.63, 3.8) is 0 Å². The fourth-order valence-electron chi connectivity index (χ4n) is 2.69. The Morgan fingerprint density at radius 3 is 2.63 bits per heavy atom. The Balaban J connectivity index is 2.04. The zero-order chi connectivity index (χ0) is 13.6. The van der Waals surface area contributed by atoms with Gasteiger partial charge in [-0.2, -0.15) is 0 Å². The Morgan fingerprint density at radius 1 is 1.32 bits per heavy atom. The summed E-state index contributed by atoms with van der Waals surface area (Å²) in [5.74, 6) is -1.16. The summed E-state index contributed by atoms with van der Waals surface area (Å²) in [4.78, 5) is 16.9. The minimum Gasteiger partial charge on any atom is -0.481 e. The quantitative estimate of drug-likeness (QED) is 0.910. The topological polar surface area (TPSA) is 50.2 Å². The molecule has 0 fully saturated rings. The molecular formula is C15H15NO2S. The van der Waals surface area contributed by atoms with Crippen molar-refractivity contribution in [2.45, 2.75) is 32.6 Å². The number of carboxylic acid groups (broad SMARTS) is 1. The lowest BCUT2D eigenvalue weighted by Gasteiger charge is -2.03. The van der Waals surface area contributed by atoms with Crippen LogP contribution < -0.4 is 0 Å². The number of fused-ring (bicyclic) bond motifs is 1. The molecule has 0 saturated heterocycles. The average Bonchev–Trinajstić information content (AvgIpc) is 2.85. The van der Waals surface area contributed by atoms with Crippen LogP contribution in [0.5, 0.6) is 0 Å². The number of carbonyl (C=O) groups is 1. The second kappa shape index (κ2) is 4.46. The Bertz CT molecular complexity index is 640. The van der Waals surface area contributed by atoms with Gasteiger partial charge in [-0.15, -0.1) is 11.3 Å². The lowest BCUT2D eigenvalue weighted by atomic mass is 10.1. The van der Waals surface area contributed by atoms with Crippen LogP contribution in [0.15, 0.2) is 18.2 Å². The van der Waals surface area contributed by atoms with Gasteiger partial charge < -0.3 is 5.11 Å². The van der Waals surface area contributed by atoms with Crippen LogP contribution in [0.3, 0.4) is 0 Å². The molecule has 1 heterocycles. The van der Waals surface area contributed by atoms with Gasteiger partial charge in [0.05, 0.1) is 5.69 Å². The third-order valence-electron chi connectivity index (χ3n) is 3.48. The van der Waals surface area contributed by atoms with Gasteiger partial charge in [0.1, 0.15) is 10.9 Å². The highest BCUT2D eigenvalue weighted by atomic mass is 32.1. The van der Waals surface area contributed by atoms with E-state index in [-0.39, 0.29) is 0 Å². The normalized spacial score (nSPS) is 17.5. The molecule has 0 amide bonds. The molecule has 1 N–H and O–H groups in total. The lowest BCUT2D eigenvalue weighted by Crippen LogP contribution is -2.08. The summed E-state index contributed by atoms with van der Waals surface area (Å²) >= 11 is 1.64. The Hall–Kier alpha value is -1.68. The van der Waals surface area contributed by atoms with E-state index >= 15 is 0 Å². The highest BCUT2D eigenvalue weighted by Gasteiger charge is 2.32. The predicted molar refractivity (Wildman–Crippen MR) is 75.7 cm³/mol. The van der Waals surface area contributed by atoms with E-state index < -0.39 is 11.9 Å². The molecule has 3 rings (SSSR count). The molecule has 1 aliphatic rings. The molecular weight excluding hydrogens is 258 g/mol. The second-order valence-corrected chi connectivity index (χ2v) is 6.22. The van der Waals surface area contributed by atoms with E-state index in [1.807, 2.05) is 0 Å². The minimum atomic E-state index is -0.754. The van der Waals surface area contributed by atoms with Crippen molar-refractivity contribution < 1.29 is 9.90 Å². The van der Waals surface area contributed by atoms with Gasteiger partial charge in [-0.1, -0.05) is 17.2 Å². The first-order valence-corrected chi connectivity index (χ1v) is 7.17. The molecule has 1 aromatic heterocycles. The number of hydrogen-bond donors (Lipinski definition) is 1. The Labute approximate surface area is 115 Å². The number of hydrogen-bond acceptors (Lipinski definition) is 3. The molecule has 1 atom stereocenters. The molecule has 19 heavy (non-hydrogen) atoms. The van der Waals surface area contributed by atoms with Crippen LogP contribution in [-0.2, 0) is 11.2 Å². The molecule has 1 aromatic carbocycles. The van der Waals surface area contributed by atoms with E-state index in [2.05, 4.69) is 37.0 Å². The zero-order valence-corrected chi connectivity index (χ0v) is 11.8. The smallest absolute Gasteiger partial charge is 0.312 e. The molecule has 0 aliphatic heterocycles. The summed E-state index contributed by atoms with van der Waals surface area (Å²) in [5.41, 5.74) is 4.30. The van der Waals surface area contributed by atoms with Gasteiger partial charge in [0.2, 0.25) is 0 Å². The summed E-state index contributed by atoms with van der Waals surface area (Å²) < 4.78 is 0. The van der Waals surface area contributed by atoms with E-state index in [1.165, 1.54) is 11.1 Å². The van der Waals surface area contributed by atoms with E-state index in [9.17, 15) is 9.90 Å². The first kappa shape index (κ1) is 12.4. The summed E-state index contributed by atoms with van der Waals surface area (Å²) in [7, 11) is 0. The number of nitrogens with zero attached hydrogens (tertiary/aromatic N) is 1. The standard InChI is InChI=1S/C15H15NO2S/c1-8-5-9(2)7-10(6-8)14-16-13-11(15(17)18)3-4-12(13)19-14/h5-7,11H,3-4H2,1-2H3,(H,17,18). The first-order chi connectivity index (χ1) is 9.04. The zero-order valence-electron chi connectivity index (χ0n) is 10.9. The van der Waals surface area contributed by atoms with Gasteiger partial charge in [0.15, 0.2) is 0 Å². The van der Waals surface area contributed by atoms with Gasteiger partial charge in [-0.25, -0.2) is 4.98 Å². The maximum Gasteiger partial charge on any atom is 0.312 e. The summed E-state index contributed by atoms with van der Waals surface area (Å²) in [6.07, 6.45) is 1.53. The van der Waals surface area contributed by atoms with Gasteiger partial charge >= 0.3 is 5.97 Å².